The summed E-state index contributed by atoms with van der Waals surface area (Å²) in [6.07, 6.45) is 17.9. The molecule has 0 heterocycles. The molecule has 0 atom stereocenters. The van der Waals surface area contributed by atoms with Gasteiger partial charge >= 0.3 is 5.97 Å². The summed E-state index contributed by atoms with van der Waals surface area (Å²) in [5.41, 5.74) is 3.67. The Morgan fingerprint density at radius 3 is 2.09 bits per heavy atom. The van der Waals surface area contributed by atoms with Crippen LogP contribution in [0, 0.1) is 0 Å². The highest BCUT2D eigenvalue weighted by Crippen LogP contribution is 2.43. The molecule has 32 heavy (non-hydrogen) atoms. The molecule has 0 amide bonds. The van der Waals surface area contributed by atoms with Crippen LogP contribution >= 0.6 is 0 Å². The molecule has 0 aromatic heterocycles. The fraction of sp³-hybridized carbons (Fsp3) is 0.567. The summed E-state index contributed by atoms with van der Waals surface area (Å²) in [7, 11) is 0. The SMILES string of the molecule is CCCCCCCc1ccc(C(=O)Oc2ccc(C3(CCCC)CCCCC3)cc2)cc1. The zero-order valence-corrected chi connectivity index (χ0v) is 20.3. The quantitative estimate of drug-likeness (QED) is 0.189. The maximum atomic E-state index is 12.6. The van der Waals surface area contributed by atoms with Crippen molar-refractivity contribution in [2.45, 2.75) is 109 Å². The Bertz CT molecular complexity index is 798. The van der Waals surface area contributed by atoms with E-state index in [0.29, 0.717) is 16.7 Å². The van der Waals surface area contributed by atoms with E-state index >= 15 is 0 Å². The second-order valence-electron chi connectivity index (χ2n) is 9.72. The van der Waals surface area contributed by atoms with Crippen molar-refractivity contribution in [3.05, 3.63) is 65.2 Å². The molecule has 1 aliphatic rings. The van der Waals surface area contributed by atoms with Crippen LogP contribution in [0.25, 0.3) is 0 Å². The molecular weight excluding hydrogens is 392 g/mol. The summed E-state index contributed by atoms with van der Waals surface area (Å²) in [6, 6.07) is 16.3. The van der Waals surface area contributed by atoms with Crippen LogP contribution in [0.2, 0.25) is 0 Å². The van der Waals surface area contributed by atoms with Gasteiger partial charge in [-0.2, -0.15) is 0 Å². The molecule has 0 radical (unpaired) electrons. The third kappa shape index (κ3) is 6.95. The van der Waals surface area contributed by atoms with Gasteiger partial charge in [0.1, 0.15) is 5.75 Å². The smallest absolute Gasteiger partial charge is 0.343 e. The molecule has 2 nitrogen and oxygen atoms in total. The molecule has 0 unspecified atom stereocenters. The second-order valence-corrected chi connectivity index (χ2v) is 9.72. The maximum Gasteiger partial charge on any atom is 0.343 e. The average Bonchev–Trinajstić information content (AvgIpc) is 2.84. The van der Waals surface area contributed by atoms with Gasteiger partial charge in [-0.25, -0.2) is 4.79 Å². The zero-order chi connectivity index (χ0) is 22.7. The van der Waals surface area contributed by atoms with Gasteiger partial charge in [-0.3, -0.25) is 0 Å². The molecule has 1 saturated carbocycles. The van der Waals surface area contributed by atoms with Crippen LogP contribution in [0.1, 0.15) is 119 Å². The molecular formula is C30H42O2. The van der Waals surface area contributed by atoms with E-state index in [4.69, 9.17) is 4.74 Å². The molecule has 0 bridgehead atoms. The third-order valence-corrected chi connectivity index (χ3v) is 7.26. The molecule has 2 aromatic rings. The van der Waals surface area contributed by atoms with Crippen molar-refractivity contribution >= 4 is 5.97 Å². The summed E-state index contributed by atoms with van der Waals surface area (Å²) in [5, 5.41) is 0. The first-order valence-corrected chi connectivity index (χ1v) is 13.1. The molecule has 2 aromatic carbocycles. The van der Waals surface area contributed by atoms with E-state index in [-0.39, 0.29) is 5.97 Å². The zero-order valence-electron chi connectivity index (χ0n) is 20.3. The second kappa shape index (κ2) is 12.8. The Kier molecular flexibility index (Phi) is 9.84. The van der Waals surface area contributed by atoms with Crippen LogP contribution in [-0.4, -0.2) is 5.97 Å². The normalized spacial score (nSPS) is 15.4. The number of rotatable bonds is 12. The van der Waals surface area contributed by atoms with Gasteiger partial charge in [0, 0.05) is 0 Å². The molecule has 174 valence electrons. The molecule has 0 spiro atoms. The number of ether oxygens (including phenoxy) is 1. The number of benzene rings is 2. The van der Waals surface area contributed by atoms with Gasteiger partial charge in [0.25, 0.3) is 0 Å². The lowest BCUT2D eigenvalue weighted by Gasteiger charge is -2.38. The van der Waals surface area contributed by atoms with Crippen LogP contribution in [0.15, 0.2) is 48.5 Å². The van der Waals surface area contributed by atoms with E-state index in [2.05, 4.69) is 38.1 Å². The van der Waals surface area contributed by atoms with Crippen molar-refractivity contribution in [2.75, 3.05) is 0 Å². The van der Waals surface area contributed by atoms with Crippen molar-refractivity contribution < 1.29 is 9.53 Å². The number of aryl methyl sites for hydroxylation is 1. The predicted octanol–water partition coefficient (Wildman–Crippen LogP) is 8.81. The largest absolute Gasteiger partial charge is 0.423 e. The van der Waals surface area contributed by atoms with Crippen LogP contribution in [0.5, 0.6) is 5.75 Å². The summed E-state index contributed by atoms with van der Waals surface area (Å²) in [5.74, 6) is 0.366. The molecule has 0 N–H and O–H groups in total. The minimum absolute atomic E-state index is 0.273. The number of hydrogen-bond acceptors (Lipinski definition) is 2. The van der Waals surface area contributed by atoms with Gasteiger partial charge in [0.2, 0.25) is 0 Å². The Morgan fingerprint density at radius 2 is 1.44 bits per heavy atom. The van der Waals surface area contributed by atoms with Crippen molar-refractivity contribution in [3.8, 4) is 5.75 Å². The molecule has 0 aliphatic heterocycles. The van der Waals surface area contributed by atoms with E-state index in [1.807, 2.05) is 24.3 Å². The number of carbonyl (C=O) groups excluding carboxylic acids is 1. The Balaban J connectivity index is 1.56. The number of esters is 1. The first-order valence-electron chi connectivity index (χ1n) is 13.1. The van der Waals surface area contributed by atoms with Crippen LogP contribution in [0.3, 0.4) is 0 Å². The van der Waals surface area contributed by atoms with Gasteiger partial charge in [0.05, 0.1) is 5.56 Å². The van der Waals surface area contributed by atoms with Crippen LogP contribution in [0.4, 0.5) is 0 Å². The highest BCUT2D eigenvalue weighted by molar-refractivity contribution is 5.91. The minimum Gasteiger partial charge on any atom is -0.423 e. The molecule has 0 saturated heterocycles. The Morgan fingerprint density at radius 1 is 0.781 bits per heavy atom. The number of unbranched alkanes of at least 4 members (excludes halogenated alkanes) is 5. The minimum atomic E-state index is -0.273. The van der Waals surface area contributed by atoms with Gasteiger partial charge in [-0.15, -0.1) is 0 Å². The van der Waals surface area contributed by atoms with Gasteiger partial charge in [-0.1, -0.05) is 95.9 Å². The molecule has 3 rings (SSSR count). The lowest BCUT2D eigenvalue weighted by Crippen LogP contribution is -2.29. The predicted molar refractivity (Wildman–Crippen MR) is 135 cm³/mol. The lowest BCUT2D eigenvalue weighted by atomic mass is 9.67. The van der Waals surface area contributed by atoms with Crippen LogP contribution < -0.4 is 4.74 Å². The van der Waals surface area contributed by atoms with Gasteiger partial charge in [-0.05, 0) is 72.9 Å². The first-order chi connectivity index (χ1) is 15.7. The molecule has 2 heteroatoms. The fourth-order valence-electron chi connectivity index (χ4n) is 5.21. The summed E-state index contributed by atoms with van der Waals surface area (Å²) in [6.45, 7) is 4.52. The van der Waals surface area contributed by atoms with Crippen molar-refractivity contribution in [1.29, 1.82) is 0 Å². The van der Waals surface area contributed by atoms with Gasteiger partial charge < -0.3 is 4.74 Å². The standard InChI is InChI=1S/C30H42O2/c1-3-5-7-8-10-13-25-14-16-26(17-15-25)29(31)32-28-20-18-27(19-21-28)30(22-6-4-2)23-11-9-12-24-30/h14-21H,3-13,22-24H2,1-2H3. The fourth-order valence-corrected chi connectivity index (χ4v) is 5.21. The van der Waals surface area contributed by atoms with E-state index in [1.54, 1.807) is 0 Å². The van der Waals surface area contributed by atoms with Gasteiger partial charge in [0.15, 0.2) is 0 Å². The highest BCUT2D eigenvalue weighted by atomic mass is 16.5. The maximum absolute atomic E-state index is 12.6. The monoisotopic (exact) mass is 434 g/mol. The number of carbonyl (C=O) groups is 1. The van der Waals surface area contributed by atoms with E-state index < -0.39 is 0 Å². The molecule has 1 aliphatic carbocycles. The summed E-state index contributed by atoms with van der Waals surface area (Å²) < 4.78 is 5.68. The third-order valence-electron chi connectivity index (χ3n) is 7.26. The number of hydrogen-bond donors (Lipinski definition) is 0. The highest BCUT2D eigenvalue weighted by Gasteiger charge is 2.33. The lowest BCUT2D eigenvalue weighted by molar-refractivity contribution is 0.0734. The summed E-state index contributed by atoms with van der Waals surface area (Å²) in [4.78, 5) is 12.6. The first kappa shape index (κ1) is 24.6. The summed E-state index contributed by atoms with van der Waals surface area (Å²) >= 11 is 0. The van der Waals surface area contributed by atoms with Crippen molar-refractivity contribution in [3.63, 3.8) is 0 Å². The molecule has 1 fully saturated rings. The van der Waals surface area contributed by atoms with Crippen molar-refractivity contribution in [1.82, 2.24) is 0 Å². The average molecular weight is 435 g/mol. The Hall–Kier alpha value is -2.09. The topological polar surface area (TPSA) is 26.3 Å². The van der Waals surface area contributed by atoms with E-state index in [9.17, 15) is 4.79 Å². The van der Waals surface area contributed by atoms with Crippen molar-refractivity contribution in [2.24, 2.45) is 0 Å². The Labute approximate surface area is 195 Å². The van der Waals surface area contributed by atoms with E-state index in [0.717, 1.165) is 6.42 Å². The van der Waals surface area contributed by atoms with Crippen LogP contribution in [-0.2, 0) is 11.8 Å². The van der Waals surface area contributed by atoms with E-state index in [1.165, 1.54) is 94.6 Å².